The fourth-order valence-corrected chi connectivity index (χ4v) is 5.43. The van der Waals surface area contributed by atoms with Crippen LogP contribution in [0, 0.1) is 0 Å². The van der Waals surface area contributed by atoms with E-state index >= 15 is 0 Å². The monoisotopic (exact) mass is 455 g/mol. The average Bonchev–Trinajstić information content (AvgIpc) is 2.89. The van der Waals surface area contributed by atoms with Gasteiger partial charge in [-0.15, -0.1) is 0 Å². The van der Waals surface area contributed by atoms with Crippen LogP contribution in [0.3, 0.4) is 0 Å². The molecule has 0 radical (unpaired) electrons. The first kappa shape index (κ1) is 22.1. The second-order valence-corrected chi connectivity index (χ2v) is 14.9. The van der Waals surface area contributed by atoms with E-state index in [0.717, 1.165) is 5.56 Å². The van der Waals surface area contributed by atoms with Crippen molar-refractivity contribution in [3.8, 4) is 44.5 Å². The average molecular weight is 456 g/mol. The number of aromatic nitrogens is 1. The number of hydrogen-bond donors (Lipinski definition) is 0. The summed E-state index contributed by atoms with van der Waals surface area (Å²) < 4.78 is 0. The van der Waals surface area contributed by atoms with Crippen molar-refractivity contribution in [2.24, 2.45) is 0 Å². The van der Waals surface area contributed by atoms with Gasteiger partial charge in [0.2, 0.25) is 0 Å². The number of benzene rings is 4. The van der Waals surface area contributed by atoms with Gasteiger partial charge in [-0.05, 0) is 50.6 Å². The van der Waals surface area contributed by atoms with Gasteiger partial charge in [0.15, 0.2) is 0 Å². The van der Waals surface area contributed by atoms with E-state index < -0.39 is 8.07 Å². The minimum Gasteiger partial charge on any atom is -0.264 e. The lowest BCUT2D eigenvalue weighted by atomic mass is 9.97. The van der Waals surface area contributed by atoms with Gasteiger partial charge in [-0.1, -0.05) is 128 Å². The summed E-state index contributed by atoms with van der Waals surface area (Å²) in [5.74, 6) is 0. The van der Waals surface area contributed by atoms with Gasteiger partial charge >= 0.3 is 0 Å². The van der Waals surface area contributed by atoms with Crippen molar-refractivity contribution in [1.29, 1.82) is 0 Å². The first-order valence-corrected chi connectivity index (χ1v) is 15.3. The SMILES string of the molecule is C[Si](C)(C)c1ccc(-c2ccc(-c3ccc(-c4ccc(-c5cccnc5)cc4)cc3)cc2)cc1. The molecule has 0 saturated heterocycles. The fourth-order valence-electron chi connectivity index (χ4n) is 4.26. The van der Waals surface area contributed by atoms with E-state index in [0.29, 0.717) is 0 Å². The Kier molecular flexibility index (Phi) is 6.00. The summed E-state index contributed by atoms with van der Waals surface area (Å²) in [5, 5.41) is 1.50. The first-order valence-electron chi connectivity index (χ1n) is 11.8. The number of nitrogens with zero attached hydrogens (tertiary/aromatic N) is 1. The molecule has 166 valence electrons. The third-order valence-electron chi connectivity index (χ3n) is 6.40. The molecule has 1 nitrogen and oxygen atoms in total. The van der Waals surface area contributed by atoms with E-state index in [2.05, 4.69) is 128 Å². The number of hydrogen-bond acceptors (Lipinski definition) is 1. The summed E-state index contributed by atoms with van der Waals surface area (Å²) in [5.41, 5.74) is 9.77. The molecule has 34 heavy (non-hydrogen) atoms. The number of rotatable bonds is 5. The molecule has 0 fully saturated rings. The predicted molar refractivity (Wildman–Crippen MR) is 149 cm³/mol. The largest absolute Gasteiger partial charge is 0.264 e. The molecule has 0 N–H and O–H groups in total. The van der Waals surface area contributed by atoms with E-state index in [4.69, 9.17) is 0 Å². The van der Waals surface area contributed by atoms with Gasteiger partial charge in [0.25, 0.3) is 0 Å². The molecular formula is C32H29NSi. The van der Waals surface area contributed by atoms with Gasteiger partial charge in [-0.25, -0.2) is 0 Å². The standard InChI is InChI=1S/C32H29NSi/c1-34(2,3)32-20-18-29(19-21-32)28-12-10-25(11-13-28)24-6-8-26(9-7-24)27-14-16-30(17-15-27)31-5-4-22-33-23-31/h4-23H,1-3H3. The number of pyridine rings is 1. The highest BCUT2D eigenvalue weighted by Crippen LogP contribution is 2.29. The molecule has 5 aromatic rings. The Bertz CT molecular complexity index is 1360. The van der Waals surface area contributed by atoms with Gasteiger partial charge in [0, 0.05) is 12.4 Å². The van der Waals surface area contributed by atoms with Crippen LogP contribution in [0.2, 0.25) is 19.6 Å². The molecule has 5 rings (SSSR count). The van der Waals surface area contributed by atoms with Crippen LogP contribution in [0.15, 0.2) is 122 Å². The van der Waals surface area contributed by atoms with E-state index in [1.807, 2.05) is 12.3 Å². The highest BCUT2D eigenvalue weighted by atomic mass is 28.3. The molecule has 0 aliphatic rings. The topological polar surface area (TPSA) is 12.9 Å². The van der Waals surface area contributed by atoms with Crippen molar-refractivity contribution < 1.29 is 0 Å². The lowest BCUT2D eigenvalue weighted by Gasteiger charge is -2.16. The third-order valence-corrected chi connectivity index (χ3v) is 8.47. The Morgan fingerprint density at radius 1 is 0.412 bits per heavy atom. The minimum atomic E-state index is -1.26. The second-order valence-electron chi connectivity index (χ2n) is 9.80. The Hall–Kier alpha value is -3.75. The van der Waals surface area contributed by atoms with E-state index in [1.165, 1.54) is 44.1 Å². The lowest BCUT2D eigenvalue weighted by molar-refractivity contribution is 1.33. The predicted octanol–water partition coefficient (Wildman–Crippen LogP) is 8.29. The van der Waals surface area contributed by atoms with Crippen molar-refractivity contribution >= 4 is 13.3 Å². The van der Waals surface area contributed by atoms with Crippen molar-refractivity contribution in [3.63, 3.8) is 0 Å². The molecule has 0 spiro atoms. The molecule has 0 saturated carbocycles. The van der Waals surface area contributed by atoms with Crippen LogP contribution in [0.1, 0.15) is 0 Å². The van der Waals surface area contributed by atoms with Gasteiger partial charge in [-0.3, -0.25) is 4.98 Å². The van der Waals surface area contributed by atoms with E-state index in [1.54, 1.807) is 6.20 Å². The van der Waals surface area contributed by atoms with Crippen LogP contribution in [0.4, 0.5) is 0 Å². The van der Waals surface area contributed by atoms with Crippen molar-refractivity contribution in [1.82, 2.24) is 4.98 Å². The van der Waals surface area contributed by atoms with Crippen LogP contribution in [0.5, 0.6) is 0 Å². The quantitative estimate of drug-likeness (QED) is 0.243. The van der Waals surface area contributed by atoms with Crippen molar-refractivity contribution in [3.05, 3.63) is 122 Å². The Balaban J connectivity index is 1.32. The maximum Gasteiger partial charge on any atom is 0.0775 e. The van der Waals surface area contributed by atoms with E-state index in [9.17, 15) is 0 Å². The molecule has 4 aromatic carbocycles. The summed E-state index contributed by atoms with van der Waals surface area (Å²) in [6, 6.07) is 39.6. The third kappa shape index (κ3) is 4.78. The Labute approximate surface area is 203 Å². The molecule has 1 aromatic heterocycles. The van der Waals surface area contributed by atoms with Crippen LogP contribution in [0.25, 0.3) is 44.5 Å². The van der Waals surface area contributed by atoms with Crippen LogP contribution < -0.4 is 5.19 Å². The first-order chi connectivity index (χ1) is 16.5. The molecular weight excluding hydrogens is 426 g/mol. The molecule has 0 aliphatic heterocycles. The molecule has 0 bridgehead atoms. The zero-order chi connectivity index (χ0) is 23.5. The molecule has 0 aliphatic carbocycles. The minimum absolute atomic E-state index is 1.14. The molecule has 1 heterocycles. The molecule has 0 amide bonds. The second kappa shape index (κ2) is 9.24. The van der Waals surface area contributed by atoms with Crippen LogP contribution >= 0.6 is 0 Å². The summed E-state index contributed by atoms with van der Waals surface area (Å²) in [4.78, 5) is 4.22. The highest BCUT2D eigenvalue weighted by molar-refractivity contribution is 6.88. The van der Waals surface area contributed by atoms with Gasteiger partial charge < -0.3 is 0 Å². The Morgan fingerprint density at radius 3 is 1.03 bits per heavy atom. The molecule has 2 heteroatoms. The van der Waals surface area contributed by atoms with Gasteiger partial charge in [0.05, 0.1) is 8.07 Å². The van der Waals surface area contributed by atoms with Gasteiger partial charge in [0.1, 0.15) is 0 Å². The maximum atomic E-state index is 4.22. The summed E-state index contributed by atoms with van der Waals surface area (Å²) in [6.45, 7) is 7.17. The maximum absolute atomic E-state index is 4.22. The summed E-state index contributed by atoms with van der Waals surface area (Å²) >= 11 is 0. The smallest absolute Gasteiger partial charge is 0.0775 e. The van der Waals surface area contributed by atoms with Crippen molar-refractivity contribution in [2.45, 2.75) is 19.6 Å². The summed E-state index contributed by atoms with van der Waals surface area (Å²) in [7, 11) is -1.26. The van der Waals surface area contributed by atoms with Crippen molar-refractivity contribution in [2.75, 3.05) is 0 Å². The lowest BCUT2D eigenvalue weighted by Crippen LogP contribution is -2.37. The fraction of sp³-hybridized carbons (Fsp3) is 0.0938. The van der Waals surface area contributed by atoms with Crippen LogP contribution in [-0.4, -0.2) is 13.1 Å². The van der Waals surface area contributed by atoms with E-state index in [-0.39, 0.29) is 0 Å². The van der Waals surface area contributed by atoms with Crippen LogP contribution in [-0.2, 0) is 0 Å². The zero-order valence-electron chi connectivity index (χ0n) is 20.0. The van der Waals surface area contributed by atoms with Gasteiger partial charge in [-0.2, -0.15) is 0 Å². The highest BCUT2D eigenvalue weighted by Gasteiger charge is 2.15. The summed E-state index contributed by atoms with van der Waals surface area (Å²) in [6.07, 6.45) is 3.70. The zero-order valence-corrected chi connectivity index (χ0v) is 21.0. The molecule has 0 unspecified atom stereocenters. The Morgan fingerprint density at radius 2 is 0.735 bits per heavy atom. The normalized spacial score (nSPS) is 11.4. The molecule has 0 atom stereocenters.